The van der Waals surface area contributed by atoms with Crippen molar-refractivity contribution in [2.75, 3.05) is 25.1 Å². The van der Waals surface area contributed by atoms with Crippen LogP contribution in [0, 0.1) is 0 Å². The van der Waals surface area contributed by atoms with Crippen LogP contribution >= 0.6 is 0 Å². The second kappa shape index (κ2) is 6.79. The van der Waals surface area contributed by atoms with Crippen LogP contribution in [0.2, 0.25) is 0 Å². The van der Waals surface area contributed by atoms with Crippen molar-refractivity contribution in [2.45, 2.75) is 50.1 Å². The van der Waals surface area contributed by atoms with E-state index in [9.17, 15) is 4.79 Å². The van der Waals surface area contributed by atoms with Crippen molar-refractivity contribution in [1.29, 1.82) is 0 Å². The number of nitrogens with one attached hydrogen (secondary N) is 1. The van der Waals surface area contributed by atoms with E-state index < -0.39 is 5.54 Å². The summed E-state index contributed by atoms with van der Waals surface area (Å²) in [5.41, 5.74) is 6.77. The molecule has 23 heavy (non-hydrogen) atoms. The minimum atomic E-state index is -0.641. The average molecular weight is 317 g/mol. The molecule has 1 aromatic rings. The number of piperidine rings is 1. The van der Waals surface area contributed by atoms with Crippen LogP contribution in [0.4, 0.5) is 5.69 Å². The highest BCUT2D eigenvalue weighted by Gasteiger charge is 2.38. The van der Waals surface area contributed by atoms with Gasteiger partial charge in [0.15, 0.2) is 0 Å². The second-order valence-corrected chi connectivity index (χ2v) is 6.82. The maximum atomic E-state index is 12.5. The molecule has 1 aromatic carbocycles. The van der Waals surface area contributed by atoms with E-state index in [-0.39, 0.29) is 11.9 Å². The molecule has 2 aliphatic rings. The number of nitrogens with two attached hydrogens (primary N) is 1. The van der Waals surface area contributed by atoms with Crippen LogP contribution in [0.15, 0.2) is 24.3 Å². The van der Waals surface area contributed by atoms with Crippen molar-refractivity contribution < 1.29 is 9.53 Å². The molecule has 1 aliphatic carbocycles. The number of ether oxygens (including phenoxy) is 1. The fraction of sp³-hybridized carbons (Fsp3) is 0.611. The van der Waals surface area contributed by atoms with Crippen LogP contribution in [0.1, 0.15) is 38.5 Å². The number of hydrogen-bond donors (Lipinski definition) is 2. The lowest BCUT2D eigenvalue weighted by Gasteiger charge is -2.36. The van der Waals surface area contributed by atoms with Crippen molar-refractivity contribution in [3.05, 3.63) is 24.3 Å². The predicted molar refractivity (Wildman–Crippen MR) is 91.8 cm³/mol. The molecular weight excluding hydrogens is 290 g/mol. The second-order valence-electron chi connectivity index (χ2n) is 6.82. The third-order valence-electron chi connectivity index (χ3n) is 5.12. The van der Waals surface area contributed by atoms with Crippen LogP contribution in [-0.4, -0.2) is 37.7 Å². The maximum absolute atomic E-state index is 12.5. The van der Waals surface area contributed by atoms with Gasteiger partial charge in [0.05, 0.1) is 12.6 Å². The van der Waals surface area contributed by atoms with Gasteiger partial charge in [-0.15, -0.1) is 0 Å². The molecule has 1 heterocycles. The van der Waals surface area contributed by atoms with Crippen LogP contribution in [-0.2, 0) is 4.79 Å². The fourth-order valence-electron chi connectivity index (χ4n) is 3.70. The molecule has 0 aromatic heterocycles. The van der Waals surface area contributed by atoms with E-state index in [0.29, 0.717) is 0 Å². The van der Waals surface area contributed by atoms with Gasteiger partial charge < -0.3 is 20.7 Å². The lowest BCUT2D eigenvalue weighted by molar-refractivity contribution is -0.126. The number of methoxy groups -OCH3 is 1. The van der Waals surface area contributed by atoms with E-state index in [1.807, 2.05) is 18.2 Å². The number of benzene rings is 1. The largest absolute Gasteiger partial charge is 0.497 e. The first-order valence-electron chi connectivity index (χ1n) is 8.59. The summed E-state index contributed by atoms with van der Waals surface area (Å²) < 4.78 is 5.30. The van der Waals surface area contributed by atoms with Crippen molar-refractivity contribution in [3.8, 4) is 5.75 Å². The normalized spacial score (nSPS) is 23.6. The molecule has 1 saturated heterocycles. The zero-order chi connectivity index (χ0) is 16.3. The van der Waals surface area contributed by atoms with Crippen molar-refractivity contribution in [1.82, 2.24) is 5.32 Å². The Labute approximate surface area is 138 Å². The van der Waals surface area contributed by atoms with Gasteiger partial charge in [0.25, 0.3) is 0 Å². The van der Waals surface area contributed by atoms with Gasteiger partial charge in [-0.1, -0.05) is 18.9 Å². The fourth-order valence-corrected chi connectivity index (χ4v) is 3.70. The first kappa shape index (κ1) is 16.1. The van der Waals surface area contributed by atoms with E-state index >= 15 is 0 Å². The number of amides is 1. The van der Waals surface area contributed by atoms with Gasteiger partial charge in [0.2, 0.25) is 5.91 Å². The summed E-state index contributed by atoms with van der Waals surface area (Å²) in [6.45, 7) is 1.84. The Morgan fingerprint density at radius 3 is 2.87 bits per heavy atom. The molecule has 0 radical (unpaired) electrons. The minimum absolute atomic E-state index is 0.0347. The molecule has 1 saturated carbocycles. The standard InChI is InChI=1S/C18H27N3O2/c1-23-16-8-4-7-15(12-16)21-11-5-6-14(13-21)20-17(22)18(19)9-2-3-10-18/h4,7-8,12,14H,2-3,5-6,9-11,13,19H2,1H3,(H,20,22). The molecule has 0 bridgehead atoms. The van der Waals surface area contributed by atoms with Gasteiger partial charge in [-0.3, -0.25) is 4.79 Å². The van der Waals surface area contributed by atoms with Gasteiger partial charge in [0.1, 0.15) is 5.75 Å². The third-order valence-corrected chi connectivity index (χ3v) is 5.12. The number of rotatable bonds is 4. The minimum Gasteiger partial charge on any atom is -0.497 e. The summed E-state index contributed by atoms with van der Waals surface area (Å²) >= 11 is 0. The van der Waals surface area contributed by atoms with Crippen molar-refractivity contribution >= 4 is 11.6 Å². The van der Waals surface area contributed by atoms with E-state index in [1.165, 1.54) is 0 Å². The number of anilines is 1. The van der Waals surface area contributed by atoms with Crippen molar-refractivity contribution in [2.24, 2.45) is 5.73 Å². The zero-order valence-corrected chi connectivity index (χ0v) is 13.9. The molecule has 1 aliphatic heterocycles. The van der Waals surface area contributed by atoms with Crippen LogP contribution in [0.25, 0.3) is 0 Å². The van der Waals surface area contributed by atoms with Gasteiger partial charge in [-0.2, -0.15) is 0 Å². The summed E-state index contributed by atoms with van der Waals surface area (Å²) in [5, 5.41) is 3.19. The quantitative estimate of drug-likeness (QED) is 0.892. The first-order chi connectivity index (χ1) is 11.1. The van der Waals surface area contributed by atoms with Gasteiger partial charge in [-0.25, -0.2) is 0 Å². The molecule has 3 rings (SSSR count). The molecule has 5 heteroatoms. The highest BCUT2D eigenvalue weighted by atomic mass is 16.5. The van der Waals surface area contributed by atoms with Crippen molar-refractivity contribution in [3.63, 3.8) is 0 Å². The Morgan fingerprint density at radius 2 is 2.13 bits per heavy atom. The number of hydrogen-bond acceptors (Lipinski definition) is 4. The summed E-state index contributed by atoms with van der Waals surface area (Å²) in [4.78, 5) is 14.8. The summed E-state index contributed by atoms with van der Waals surface area (Å²) in [6.07, 6.45) is 5.83. The summed E-state index contributed by atoms with van der Waals surface area (Å²) in [6, 6.07) is 8.26. The maximum Gasteiger partial charge on any atom is 0.240 e. The summed E-state index contributed by atoms with van der Waals surface area (Å²) in [7, 11) is 1.68. The Morgan fingerprint density at radius 1 is 1.35 bits per heavy atom. The van der Waals surface area contributed by atoms with Crippen LogP contribution in [0.5, 0.6) is 5.75 Å². The molecule has 1 unspecified atom stereocenters. The molecule has 126 valence electrons. The summed E-state index contributed by atoms with van der Waals surface area (Å²) in [5.74, 6) is 0.896. The Kier molecular flexibility index (Phi) is 4.76. The van der Waals surface area contributed by atoms with E-state index in [0.717, 1.165) is 63.1 Å². The predicted octanol–water partition coefficient (Wildman–Crippen LogP) is 2.05. The lowest BCUT2D eigenvalue weighted by atomic mass is 9.96. The van der Waals surface area contributed by atoms with Gasteiger partial charge in [0, 0.05) is 30.9 Å². The van der Waals surface area contributed by atoms with Gasteiger partial charge >= 0.3 is 0 Å². The van der Waals surface area contributed by atoms with E-state index in [1.54, 1.807) is 7.11 Å². The van der Waals surface area contributed by atoms with Crippen LogP contribution < -0.4 is 20.7 Å². The first-order valence-corrected chi connectivity index (χ1v) is 8.59. The molecule has 2 fully saturated rings. The topological polar surface area (TPSA) is 67.6 Å². The van der Waals surface area contributed by atoms with Crippen LogP contribution in [0.3, 0.4) is 0 Å². The number of carbonyl (C=O) groups is 1. The molecule has 1 atom stereocenters. The number of carbonyl (C=O) groups excluding carboxylic acids is 1. The van der Waals surface area contributed by atoms with E-state index in [4.69, 9.17) is 10.5 Å². The Hall–Kier alpha value is -1.75. The van der Waals surface area contributed by atoms with E-state index in [2.05, 4.69) is 16.3 Å². The number of nitrogens with zero attached hydrogens (tertiary/aromatic N) is 1. The zero-order valence-electron chi connectivity index (χ0n) is 13.9. The highest BCUT2D eigenvalue weighted by Crippen LogP contribution is 2.28. The van der Waals surface area contributed by atoms with Gasteiger partial charge in [-0.05, 0) is 37.8 Å². The smallest absolute Gasteiger partial charge is 0.240 e. The molecule has 5 nitrogen and oxygen atoms in total. The Balaban J connectivity index is 1.62. The lowest BCUT2D eigenvalue weighted by Crippen LogP contribution is -2.57. The molecule has 1 amide bonds. The molecule has 3 N–H and O–H groups in total. The molecule has 0 spiro atoms. The average Bonchev–Trinajstić information content (AvgIpc) is 3.03. The highest BCUT2D eigenvalue weighted by molar-refractivity contribution is 5.86. The monoisotopic (exact) mass is 317 g/mol. The Bertz CT molecular complexity index is 555. The SMILES string of the molecule is COc1cccc(N2CCCC(NC(=O)C3(N)CCCC3)C2)c1. The third kappa shape index (κ3) is 3.61. The molecular formula is C18H27N3O2.